The Kier molecular flexibility index (Phi) is 3.03. The van der Waals surface area contributed by atoms with Crippen LogP contribution in [-0.2, 0) is 13.6 Å². The summed E-state index contributed by atoms with van der Waals surface area (Å²) < 4.78 is 2.14. The fourth-order valence-electron chi connectivity index (χ4n) is 3.34. The first-order valence-electron chi connectivity index (χ1n) is 7.69. The topological polar surface area (TPSA) is 45.5 Å². The van der Waals surface area contributed by atoms with Gasteiger partial charge in [-0.15, -0.1) is 0 Å². The van der Waals surface area contributed by atoms with Gasteiger partial charge in [0.1, 0.15) is 0 Å². The molecule has 4 heteroatoms. The molecule has 4 rings (SSSR count). The summed E-state index contributed by atoms with van der Waals surface area (Å²) in [5, 5.41) is 11.6. The lowest BCUT2D eigenvalue weighted by Gasteiger charge is -2.21. The molecule has 4 nitrogen and oxygen atoms in total. The molecule has 2 heterocycles. The van der Waals surface area contributed by atoms with E-state index in [9.17, 15) is 9.90 Å². The molecule has 0 saturated carbocycles. The normalized spacial score (nSPS) is 17.1. The van der Waals surface area contributed by atoms with Crippen molar-refractivity contribution in [3.8, 4) is 0 Å². The Bertz CT molecular complexity index is 926. The van der Waals surface area contributed by atoms with Crippen molar-refractivity contribution in [3.05, 3.63) is 70.9 Å². The molecule has 0 aliphatic carbocycles. The second-order valence-corrected chi connectivity index (χ2v) is 6.13. The van der Waals surface area contributed by atoms with Gasteiger partial charge in [-0.3, -0.25) is 4.79 Å². The van der Waals surface area contributed by atoms with E-state index in [1.54, 1.807) is 6.07 Å². The summed E-state index contributed by atoms with van der Waals surface area (Å²) in [6.07, 6.45) is -0.869. The van der Waals surface area contributed by atoms with Crippen LogP contribution in [0.2, 0.25) is 0 Å². The van der Waals surface area contributed by atoms with Crippen LogP contribution in [0.5, 0.6) is 0 Å². The van der Waals surface area contributed by atoms with E-state index in [0.29, 0.717) is 17.7 Å². The lowest BCUT2D eigenvalue weighted by Crippen LogP contribution is -2.27. The third kappa shape index (κ3) is 2.06. The van der Waals surface area contributed by atoms with Gasteiger partial charge in [0.05, 0.1) is 0 Å². The Labute approximate surface area is 134 Å². The molecule has 23 heavy (non-hydrogen) atoms. The maximum absolute atomic E-state index is 12.5. The molecule has 1 N–H and O–H groups in total. The fourth-order valence-corrected chi connectivity index (χ4v) is 3.34. The molecule has 1 aromatic heterocycles. The van der Waals surface area contributed by atoms with Crippen molar-refractivity contribution in [2.24, 2.45) is 7.05 Å². The van der Waals surface area contributed by atoms with E-state index >= 15 is 0 Å². The minimum Gasteiger partial charge on any atom is -0.369 e. The average molecular weight is 306 g/mol. The smallest absolute Gasteiger partial charge is 0.256 e. The molecule has 0 spiro atoms. The number of amides is 1. The largest absolute Gasteiger partial charge is 0.369 e. The van der Waals surface area contributed by atoms with Crippen molar-refractivity contribution in [2.75, 3.05) is 0 Å². The Morgan fingerprint density at radius 2 is 1.91 bits per heavy atom. The Morgan fingerprint density at radius 3 is 2.70 bits per heavy atom. The van der Waals surface area contributed by atoms with Crippen LogP contribution in [0.3, 0.4) is 0 Å². The van der Waals surface area contributed by atoms with Crippen LogP contribution in [0.1, 0.15) is 33.4 Å². The average Bonchev–Trinajstić information content (AvgIpc) is 2.97. The summed E-state index contributed by atoms with van der Waals surface area (Å²) in [4.78, 5) is 14.0. The summed E-state index contributed by atoms with van der Waals surface area (Å²) in [5.74, 6) is -0.113. The number of nitrogens with zero attached hydrogens (tertiary/aromatic N) is 2. The molecule has 1 atom stereocenters. The lowest BCUT2D eigenvalue weighted by atomic mass is 10.1. The van der Waals surface area contributed by atoms with Crippen molar-refractivity contribution in [3.63, 3.8) is 0 Å². The second kappa shape index (κ2) is 4.96. The van der Waals surface area contributed by atoms with E-state index in [2.05, 4.69) is 29.7 Å². The number of benzene rings is 2. The van der Waals surface area contributed by atoms with Gasteiger partial charge in [0, 0.05) is 41.3 Å². The van der Waals surface area contributed by atoms with Gasteiger partial charge in [-0.1, -0.05) is 24.3 Å². The summed E-state index contributed by atoms with van der Waals surface area (Å²) in [6, 6.07) is 15.6. The number of hydrogen-bond donors (Lipinski definition) is 1. The van der Waals surface area contributed by atoms with Crippen molar-refractivity contribution < 1.29 is 9.90 Å². The van der Waals surface area contributed by atoms with E-state index in [0.717, 1.165) is 10.9 Å². The molecule has 1 aliphatic heterocycles. The SMILES string of the molecule is Cc1cc2cc(CN3C(=O)c4ccccc4[C@H]3O)ccc2n1C. The fraction of sp³-hybridized carbons (Fsp3) is 0.211. The maximum atomic E-state index is 12.5. The highest BCUT2D eigenvalue weighted by Crippen LogP contribution is 2.33. The van der Waals surface area contributed by atoms with Crippen molar-refractivity contribution in [2.45, 2.75) is 19.7 Å². The number of carbonyl (C=O) groups excluding carboxylic acids is 1. The number of carbonyl (C=O) groups is 1. The zero-order valence-corrected chi connectivity index (χ0v) is 13.2. The predicted octanol–water partition coefficient (Wildman–Crippen LogP) is 3.13. The number of fused-ring (bicyclic) bond motifs is 2. The van der Waals surface area contributed by atoms with Crippen LogP contribution in [0.15, 0.2) is 48.5 Å². The standard InChI is InChI=1S/C19H18N2O2/c1-12-9-14-10-13(7-8-17(14)20(12)2)11-21-18(22)15-5-3-4-6-16(15)19(21)23/h3-10,18,22H,11H2,1-2H3/t18-/m1/s1. The first-order valence-corrected chi connectivity index (χ1v) is 7.69. The lowest BCUT2D eigenvalue weighted by molar-refractivity contribution is 0.0137. The molecule has 116 valence electrons. The summed E-state index contributed by atoms with van der Waals surface area (Å²) in [6.45, 7) is 2.47. The third-order valence-electron chi connectivity index (χ3n) is 4.73. The van der Waals surface area contributed by atoms with E-state index in [1.165, 1.54) is 16.1 Å². The summed E-state index contributed by atoms with van der Waals surface area (Å²) >= 11 is 0. The molecule has 3 aromatic rings. The predicted molar refractivity (Wildman–Crippen MR) is 88.9 cm³/mol. The Hall–Kier alpha value is -2.59. The van der Waals surface area contributed by atoms with Crippen molar-refractivity contribution in [1.29, 1.82) is 0 Å². The van der Waals surface area contributed by atoms with Gasteiger partial charge in [-0.2, -0.15) is 0 Å². The highest BCUT2D eigenvalue weighted by molar-refractivity contribution is 5.98. The van der Waals surface area contributed by atoms with Crippen LogP contribution < -0.4 is 0 Å². The molecule has 1 aliphatic rings. The van der Waals surface area contributed by atoms with Gasteiger partial charge < -0.3 is 14.6 Å². The third-order valence-corrected chi connectivity index (χ3v) is 4.73. The van der Waals surface area contributed by atoms with Crippen LogP contribution in [-0.4, -0.2) is 20.5 Å². The first kappa shape index (κ1) is 14.0. The van der Waals surface area contributed by atoms with Crippen LogP contribution in [0.25, 0.3) is 10.9 Å². The number of aliphatic hydroxyl groups is 1. The zero-order chi connectivity index (χ0) is 16.1. The molecule has 0 unspecified atom stereocenters. The number of rotatable bonds is 2. The Balaban J connectivity index is 1.68. The summed E-state index contributed by atoms with van der Waals surface area (Å²) in [5.41, 5.74) is 4.67. The van der Waals surface area contributed by atoms with E-state index < -0.39 is 6.23 Å². The van der Waals surface area contributed by atoms with Crippen LogP contribution in [0, 0.1) is 6.92 Å². The van der Waals surface area contributed by atoms with Crippen LogP contribution in [0.4, 0.5) is 0 Å². The highest BCUT2D eigenvalue weighted by Gasteiger charge is 2.34. The quantitative estimate of drug-likeness (QED) is 0.790. The number of hydrogen-bond acceptors (Lipinski definition) is 2. The highest BCUT2D eigenvalue weighted by atomic mass is 16.3. The van der Waals surface area contributed by atoms with E-state index in [-0.39, 0.29) is 5.91 Å². The molecular weight excluding hydrogens is 288 g/mol. The van der Waals surface area contributed by atoms with Gasteiger partial charge in [0.15, 0.2) is 6.23 Å². The van der Waals surface area contributed by atoms with Crippen molar-refractivity contribution in [1.82, 2.24) is 9.47 Å². The number of aliphatic hydroxyl groups excluding tert-OH is 1. The van der Waals surface area contributed by atoms with Gasteiger partial charge >= 0.3 is 0 Å². The van der Waals surface area contributed by atoms with Gasteiger partial charge in [0.25, 0.3) is 5.91 Å². The number of aryl methyl sites for hydroxylation is 2. The van der Waals surface area contributed by atoms with E-state index in [1.807, 2.05) is 31.3 Å². The number of aromatic nitrogens is 1. The second-order valence-electron chi connectivity index (χ2n) is 6.13. The Morgan fingerprint density at radius 1 is 1.13 bits per heavy atom. The maximum Gasteiger partial charge on any atom is 0.256 e. The molecule has 0 saturated heterocycles. The minimum absolute atomic E-state index is 0.113. The monoisotopic (exact) mass is 306 g/mol. The molecule has 0 fully saturated rings. The molecular formula is C19H18N2O2. The first-order chi connectivity index (χ1) is 11.1. The zero-order valence-electron chi connectivity index (χ0n) is 13.2. The molecule has 2 aromatic carbocycles. The summed E-state index contributed by atoms with van der Waals surface area (Å²) in [7, 11) is 2.04. The van der Waals surface area contributed by atoms with E-state index in [4.69, 9.17) is 0 Å². The van der Waals surface area contributed by atoms with Gasteiger partial charge in [-0.25, -0.2) is 0 Å². The van der Waals surface area contributed by atoms with Gasteiger partial charge in [0.2, 0.25) is 0 Å². The molecule has 0 radical (unpaired) electrons. The molecule has 1 amide bonds. The van der Waals surface area contributed by atoms with Gasteiger partial charge in [-0.05, 0) is 36.8 Å². The van der Waals surface area contributed by atoms with Crippen molar-refractivity contribution >= 4 is 16.8 Å². The minimum atomic E-state index is -0.869. The molecule has 0 bridgehead atoms. The van der Waals surface area contributed by atoms with Crippen LogP contribution >= 0.6 is 0 Å².